The summed E-state index contributed by atoms with van der Waals surface area (Å²) in [6.07, 6.45) is 3.09. The van der Waals surface area contributed by atoms with Crippen LogP contribution in [0.3, 0.4) is 0 Å². The molecule has 33 heavy (non-hydrogen) atoms. The van der Waals surface area contributed by atoms with E-state index in [9.17, 15) is 18.0 Å². The Kier molecular flexibility index (Phi) is 7.15. The maximum atomic E-state index is 13.1. The maximum absolute atomic E-state index is 13.1. The second-order valence-electron chi connectivity index (χ2n) is 7.90. The molecule has 1 unspecified atom stereocenters. The van der Waals surface area contributed by atoms with Crippen molar-refractivity contribution in [2.45, 2.75) is 43.2 Å². The molecule has 0 bridgehead atoms. The SMILES string of the molecule is CCNC(=O)OC1CCN(C2CCN(c3ccc(S(=O)(=O)Nc4nccs4)cc3)C2=O)CC1. The van der Waals surface area contributed by atoms with Crippen molar-refractivity contribution < 1.29 is 22.7 Å². The molecular weight excluding hydrogens is 466 g/mol. The van der Waals surface area contributed by atoms with Gasteiger partial charge >= 0.3 is 6.09 Å². The number of nitrogens with one attached hydrogen (secondary N) is 2. The van der Waals surface area contributed by atoms with E-state index in [1.165, 1.54) is 29.7 Å². The molecule has 2 aromatic rings. The smallest absolute Gasteiger partial charge is 0.407 e. The number of hydrogen-bond donors (Lipinski definition) is 2. The van der Waals surface area contributed by atoms with E-state index in [-0.39, 0.29) is 22.9 Å². The number of aromatic nitrogens is 1. The fourth-order valence-electron chi connectivity index (χ4n) is 4.16. The number of piperidine rings is 1. The van der Waals surface area contributed by atoms with Crippen molar-refractivity contribution in [2.24, 2.45) is 0 Å². The van der Waals surface area contributed by atoms with Crippen molar-refractivity contribution in [1.29, 1.82) is 0 Å². The monoisotopic (exact) mass is 493 g/mol. The van der Waals surface area contributed by atoms with Gasteiger partial charge in [-0.15, -0.1) is 11.3 Å². The largest absolute Gasteiger partial charge is 0.446 e. The minimum absolute atomic E-state index is 0.00890. The molecule has 1 aromatic heterocycles. The molecule has 2 aliphatic rings. The highest BCUT2D eigenvalue weighted by Crippen LogP contribution is 2.28. The first-order valence-corrected chi connectivity index (χ1v) is 13.3. The van der Waals surface area contributed by atoms with Crippen molar-refractivity contribution in [3.05, 3.63) is 35.8 Å². The molecular formula is C21H27N5O5S2. The molecule has 4 rings (SSSR count). The lowest BCUT2D eigenvalue weighted by Crippen LogP contribution is -2.47. The third-order valence-electron chi connectivity index (χ3n) is 5.80. The van der Waals surface area contributed by atoms with Crippen molar-refractivity contribution in [2.75, 3.05) is 35.8 Å². The predicted molar refractivity (Wildman–Crippen MR) is 125 cm³/mol. The highest BCUT2D eigenvalue weighted by atomic mass is 32.2. The molecule has 2 N–H and O–H groups in total. The molecule has 1 aromatic carbocycles. The minimum atomic E-state index is -3.74. The zero-order chi connectivity index (χ0) is 23.4. The summed E-state index contributed by atoms with van der Waals surface area (Å²) in [6, 6.07) is 6.09. The Morgan fingerprint density at radius 3 is 2.55 bits per heavy atom. The van der Waals surface area contributed by atoms with Gasteiger partial charge in [0, 0.05) is 43.4 Å². The van der Waals surface area contributed by atoms with Gasteiger partial charge in [0.1, 0.15) is 6.10 Å². The third-order valence-corrected chi connectivity index (χ3v) is 7.97. The molecule has 12 heteroatoms. The quantitative estimate of drug-likeness (QED) is 0.607. The molecule has 0 saturated carbocycles. The Morgan fingerprint density at radius 2 is 1.91 bits per heavy atom. The van der Waals surface area contributed by atoms with Gasteiger partial charge in [0.15, 0.2) is 5.13 Å². The molecule has 178 valence electrons. The zero-order valence-corrected chi connectivity index (χ0v) is 19.9. The van der Waals surface area contributed by atoms with Gasteiger partial charge in [0.2, 0.25) is 5.91 Å². The van der Waals surface area contributed by atoms with E-state index >= 15 is 0 Å². The minimum Gasteiger partial charge on any atom is -0.446 e. The van der Waals surface area contributed by atoms with Crippen LogP contribution in [0.25, 0.3) is 0 Å². The van der Waals surface area contributed by atoms with Crippen molar-refractivity contribution in [3.8, 4) is 0 Å². The van der Waals surface area contributed by atoms with Gasteiger partial charge in [-0.25, -0.2) is 18.2 Å². The Morgan fingerprint density at radius 1 is 1.18 bits per heavy atom. The standard InChI is InChI=1S/C21H27N5O5S2/c1-2-22-21(28)31-16-7-11-25(12-8-16)18-9-13-26(19(18)27)15-3-5-17(6-4-15)33(29,30)24-20-23-10-14-32-20/h3-6,10,14,16,18H,2,7-9,11-13H2,1H3,(H,22,28)(H,23,24). The number of amides is 2. The van der Waals surface area contributed by atoms with Crippen molar-refractivity contribution in [1.82, 2.24) is 15.2 Å². The van der Waals surface area contributed by atoms with E-state index in [4.69, 9.17) is 4.74 Å². The molecule has 2 saturated heterocycles. The molecule has 3 heterocycles. The highest BCUT2D eigenvalue weighted by molar-refractivity contribution is 7.93. The van der Waals surface area contributed by atoms with Gasteiger partial charge in [0.05, 0.1) is 10.9 Å². The van der Waals surface area contributed by atoms with Crippen molar-refractivity contribution in [3.63, 3.8) is 0 Å². The van der Waals surface area contributed by atoms with Crippen LogP contribution in [-0.4, -0.2) is 68.6 Å². The maximum Gasteiger partial charge on any atom is 0.407 e. The lowest BCUT2D eigenvalue weighted by molar-refractivity contribution is -0.122. The average Bonchev–Trinajstić information content (AvgIpc) is 3.44. The Labute approximate surface area is 197 Å². The summed E-state index contributed by atoms with van der Waals surface area (Å²) in [5, 5.41) is 4.63. The number of alkyl carbamates (subject to hydrolysis) is 1. The summed E-state index contributed by atoms with van der Waals surface area (Å²) in [6.45, 7) is 4.32. The third kappa shape index (κ3) is 5.45. The summed E-state index contributed by atoms with van der Waals surface area (Å²) in [4.78, 5) is 32.6. The van der Waals surface area contributed by atoms with Crippen LogP contribution >= 0.6 is 11.3 Å². The van der Waals surface area contributed by atoms with E-state index in [1.807, 2.05) is 6.92 Å². The summed E-state index contributed by atoms with van der Waals surface area (Å²) >= 11 is 1.20. The van der Waals surface area contributed by atoms with Crippen LogP contribution in [0.5, 0.6) is 0 Å². The molecule has 1 atom stereocenters. The first-order valence-electron chi connectivity index (χ1n) is 10.9. The molecule has 0 aliphatic carbocycles. The van der Waals surface area contributed by atoms with Crippen LogP contribution in [0.15, 0.2) is 40.7 Å². The lowest BCUT2D eigenvalue weighted by atomic mass is 10.0. The topological polar surface area (TPSA) is 121 Å². The van der Waals surface area contributed by atoms with E-state index in [0.717, 1.165) is 0 Å². The summed E-state index contributed by atoms with van der Waals surface area (Å²) < 4.78 is 32.9. The van der Waals surface area contributed by atoms with E-state index in [0.29, 0.717) is 56.3 Å². The van der Waals surface area contributed by atoms with Gasteiger partial charge in [-0.3, -0.25) is 14.4 Å². The molecule has 2 aliphatic heterocycles. The first kappa shape index (κ1) is 23.5. The number of anilines is 2. The number of sulfonamides is 1. The normalized spacial score (nSPS) is 20.1. The van der Waals surface area contributed by atoms with Gasteiger partial charge in [-0.1, -0.05) is 0 Å². The number of likely N-dealkylation sites (tertiary alicyclic amines) is 1. The van der Waals surface area contributed by atoms with Gasteiger partial charge < -0.3 is 15.0 Å². The number of rotatable bonds is 7. The highest BCUT2D eigenvalue weighted by Gasteiger charge is 2.38. The zero-order valence-electron chi connectivity index (χ0n) is 18.3. The van der Waals surface area contributed by atoms with Crippen LogP contribution in [0.1, 0.15) is 26.2 Å². The van der Waals surface area contributed by atoms with E-state index in [2.05, 4.69) is 19.9 Å². The Balaban J connectivity index is 1.34. The average molecular weight is 494 g/mol. The van der Waals surface area contributed by atoms with Crippen LogP contribution < -0.4 is 14.9 Å². The number of hydrogen-bond acceptors (Lipinski definition) is 8. The molecule has 2 amide bonds. The van der Waals surface area contributed by atoms with Gasteiger partial charge in [-0.2, -0.15) is 0 Å². The summed E-state index contributed by atoms with van der Waals surface area (Å²) in [7, 11) is -3.74. The molecule has 0 spiro atoms. The van der Waals surface area contributed by atoms with Crippen molar-refractivity contribution >= 4 is 44.2 Å². The second-order valence-corrected chi connectivity index (χ2v) is 10.5. The number of carbonyl (C=O) groups excluding carboxylic acids is 2. The number of benzene rings is 1. The summed E-state index contributed by atoms with van der Waals surface area (Å²) in [5.41, 5.74) is 0.671. The van der Waals surface area contributed by atoms with Gasteiger partial charge in [0.25, 0.3) is 10.0 Å². The van der Waals surface area contributed by atoms with Gasteiger partial charge in [-0.05, 0) is 50.5 Å². The Bertz CT molecular complexity index is 1070. The molecule has 0 radical (unpaired) electrons. The second kappa shape index (κ2) is 10.1. The first-order chi connectivity index (χ1) is 15.9. The fraction of sp³-hybridized carbons (Fsp3) is 0.476. The summed E-state index contributed by atoms with van der Waals surface area (Å²) in [5.74, 6) is 0.00890. The van der Waals surface area contributed by atoms with E-state index < -0.39 is 16.1 Å². The van der Waals surface area contributed by atoms with Crippen LogP contribution in [-0.2, 0) is 19.6 Å². The number of thiazole rings is 1. The van der Waals surface area contributed by atoms with Crippen LogP contribution in [0, 0.1) is 0 Å². The molecule has 2 fully saturated rings. The fourth-order valence-corrected chi connectivity index (χ4v) is 5.94. The predicted octanol–water partition coefficient (Wildman–Crippen LogP) is 2.26. The van der Waals surface area contributed by atoms with Crippen LogP contribution in [0.2, 0.25) is 0 Å². The number of ether oxygens (including phenoxy) is 1. The van der Waals surface area contributed by atoms with E-state index in [1.54, 1.807) is 22.4 Å². The molecule has 10 nitrogen and oxygen atoms in total. The number of nitrogens with zero attached hydrogens (tertiary/aromatic N) is 3. The van der Waals surface area contributed by atoms with Crippen LogP contribution in [0.4, 0.5) is 15.6 Å². The lowest BCUT2D eigenvalue weighted by Gasteiger charge is -2.34. The number of carbonyl (C=O) groups is 2. The Hall–Kier alpha value is -2.70.